The molecule has 1 rings (SSSR count). The molecular weight excluding hydrogens is 303 g/mol. The second kappa shape index (κ2) is 5.50. The van der Waals surface area contributed by atoms with Crippen LogP contribution in [0, 0.1) is 0 Å². The van der Waals surface area contributed by atoms with Gasteiger partial charge in [-0.25, -0.2) is 5.48 Å². The fraction of sp³-hybridized carbons (Fsp3) is 0.300. The minimum atomic E-state index is -4.59. The Morgan fingerprint density at radius 1 is 1.47 bits per heavy atom. The topological polar surface area (TPSA) is 38.3 Å². The van der Waals surface area contributed by atoms with Crippen LogP contribution in [0.3, 0.4) is 0 Å². The molecule has 3 nitrogen and oxygen atoms in total. The van der Waals surface area contributed by atoms with Crippen molar-refractivity contribution in [2.75, 3.05) is 6.61 Å². The number of carbonyl (C=O) groups is 1. The smallest absolute Gasteiger partial charge is 0.274 e. The highest BCUT2D eigenvalue weighted by molar-refractivity contribution is 9.10. The van der Waals surface area contributed by atoms with E-state index in [1.54, 1.807) is 6.92 Å². The standard InChI is InChI=1S/C10H9BrF3NO2/c1-2-17-15-9(16)7-4-3-6(11)5-8(7)10(12,13)14/h3-5H,2H2,1H3,(H,15,16). The fourth-order valence-corrected chi connectivity index (χ4v) is 1.50. The summed E-state index contributed by atoms with van der Waals surface area (Å²) in [6.07, 6.45) is -4.59. The third-order valence-corrected chi connectivity index (χ3v) is 2.33. The van der Waals surface area contributed by atoms with Gasteiger partial charge in [-0.05, 0) is 25.1 Å². The van der Waals surface area contributed by atoms with Gasteiger partial charge < -0.3 is 0 Å². The van der Waals surface area contributed by atoms with Gasteiger partial charge >= 0.3 is 6.18 Å². The molecule has 94 valence electrons. The average Bonchev–Trinajstić information content (AvgIpc) is 2.24. The molecule has 0 saturated heterocycles. The molecular formula is C10H9BrF3NO2. The Kier molecular flexibility index (Phi) is 4.53. The molecule has 0 unspecified atom stereocenters. The van der Waals surface area contributed by atoms with Crippen molar-refractivity contribution in [2.24, 2.45) is 0 Å². The van der Waals surface area contributed by atoms with Crippen LogP contribution in [0.25, 0.3) is 0 Å². The van der Waals surface area contributed by atoms with E-state index in [9.17, 15) is 18.0 Å². The molecule has 0 fully saturated rings. The number of halogens is 4. The van der Waals surface area contributed by atoms with Gasteiger partial charge in [-0.1, -0.05) is 15.9 Å². The van der Waals surface area contributed by atoms with Gasteiger partial charge in [-0.15, -0.1) is 0 Å². The number of hydroxylamine groups is 1. The quantitative estimate of drug-likeness (QED) is 0.871. The summed E-state index contributed by atoms with van der Waals surface area (Å²) >= 11 is 2.93. The molecule has 0 aliphatic heterocycles. The number of rotatable bonds is 3. The molecule has 0 saturated carbocycles. The van der Waals surface area contributed by atoms with Gasteiger partial charge in [0.2, 0.25) is 0 Å². The van der Waals surface area contributed by atoms with E-state index in [1.165, 1.54) is 6.07 Å². The summed E-state index contributed by atoms with van der Waals surface area (Å²) in [5.74, 6) is -0.924. The average molecular weight is 312 g/mol. The van der Waals surface area contributed by atoms with Crippen LogP contribution in [0.4, 0.5) is 13.2 Å². The van der Waals surface area contributed by atoms with Crippen molar-refractivity contribution in [3.8, 4) is 0 Å². The zero-order valence-electron chi connectivity index (χ0n) is 8.77. The van der Waals surface area contributed by atoms with Crippen LogP contribution in [0.5, 0.6) is 0 Å². The van der Waals surface area contributed by atoms with Crippen molar-refractivity contribution in [1.29, 1.82) is 0 Å². The number of amides is 1. The van der Waals surface area contributed by atoms with E-state index in [0.29, 0.717) is 0 Å². The van der Waals surface area contributed by atoms with Gasteiger partial charge in [-0.2, -0.15) is 13.2 Å². The minimum Gasteiger partial charge on any atom is -0.274 e. The normalized spacial score (nSPS) is 11.4. The summed E-state index contributed by atoms with van der Waals surface area (Å²) < 4.78 is 38.3. The number of carbonyl (C=O) groups excluding carboxylic acids is 1. The highest BCUT2D eigenvalue weighted by atomic mass is 79.9. The summed E-state index contributed by atoms with van der Waals surface area (Å²) in [5.41, 5.74) is 0.439. The maximum absolute atomic E-state index is 12.7. The molecule has 0 spiro atoms. The maximum atomic E-state index is 12.7. The molecule has 0 radical (unpaired) electrons. The fourth-order valence-electron chi connectivity index (χ4n) is 1.14. The van der Waals surface area contributed by atoms with E-state index >= 15 is 0 Å². The molecule has 0 bridgehead atoms. The van der Waals surface area contributed by atoms with Gasteiger partial charge in [0.1, 0.15) is 0 Å². The number of nitrogens with one attached hydrogen (secondary N) is 1. The lowest BCUT2D eigenvalue weighted by molar-refractivity contribution is -0.138. The van der Waals surface area contributed by atoms with E-state index in [-0.39, 0.29) is 11.1 Å². The Bertz CT molecular complexity index is 421. The molecule has 17 heavy (non-hydrogen) atoms. The van der Waals surface area contributed by atoms with E-state index < -0.39 is 23.2 Å². The molecule has 1 N–H and O–H groups in total. The molecule has 0 atom stereocenters. The van der Waals surface area contributed by atoms with Crippen molar-refractivity contribution in [2.45, 2.75) is 13.1 Å². The second-order valence-electron chi connectivity index (χ2n) is 3.05. The summed E-state index contributed by atoms with van der Waals surface area (Å²) in [5, 5.41) is 0. The number of benzene rings is 1. The molecule has 1 aromatic rings. The first-order valence-electron chi connectivity index (χ1n) is 4.65. The largest absolute Gasteiger partial charge is 0.417 e. The third kappa shape index (κ3) is 3.71. The van der Waals surface area contributed by atoms with Gasteiger partial charge in [0.05, 0.1) is 17.7 Å². The molecule has 0 aliphatic rings. The summed E-state index contributed by atoms with van der Waals surface area (Å²) in [4.78, 5) is 16.0. The van der Waals surface area contributed by atoms with Crippen molar-refractivity contribution < 1.29 is 22.8 Å². The predicted molar refractivity (Wildman–Crippen MR) is 58.2 cm³/mol. The van der Waals surface area contributed by atoms with E-state index in [0.717, 1.165) is 12.1 Å². The first-order valence-corrected chi connectivity index (χ1v) is 5.44. The first kappa shape index (κ1) is 14.0. The molecule has 7 heteroatoms. The Morgan fingerprint density at radius 3 is 2.65 bits per heavy atom. The predicted octanol–water partition coefficient (Wildman–Crippen LogP) is 3.15. The molecule has 0 aliphatic carbocycles. The Balaban J connectivity index is 3.11. The summed E-state index contributed by atoms with van der Waals surface area (Å²) in [6.45, 7) is 1.77. The van der Waals surface area contributed by atoms with Crippen molar-refractivity contribution in [1.82, 2.24) is 5.48 Å². The van der Waals surface area contributed by atoms with Gasteiger partial charge in [0.25, 0.3) is 5.91 Å². The number of hydrogen-bond donors (Lipinski definition) is 1. The maximum Gasteiger partial charge on any atom is 0.417 e. The third-order valence-electron chi connectivity index (χ3n) is 1.84. The molecule has 0 heterocycles. The van der Waals surface area contributed by atoms with Gasteiger partial charge in [-0.3, -0.25) is 9.63 Å². The van der Waals surface area contributed by atoms with Gasteiger partial charge in [0, 0.05) is 4.47 Å². The van der Waals surface area contributed by atoms with Crippen molar-refractivity contribution >= 4 is 21.8 Å². The highest BCUT2D eigenvalue weighted by Gasteiger charge is 2.35. The van der Waals surface area contributed by atoms with Crippen LogP contribution >= 0.6 is 15.9 Å². The van der Waals surface area contributed by atoms with E-state index in [2.05, 4.69) is 20.8 Å². The van der Waals surface area contributed by atoms with Crippen LogP contribution < -0.4 is 5.48 Å². The number of alkyl halides is 3. The lowest BCUT2D eigenvalue weighted by Gasteiger charge is -2.12. The van der Waals surface area contributed by atoms with E-state index in [1.807, 2.05) is 5.48 Å². The second-order valence-corrected chi connectivity index (χ2v) is 3.97. The zero-order valence-corrected chi connectivity index (χ0v) is 10.4. The summed E-state index contributed by atoms with van der Waals surface area (Å²) in [6, 6.07) is 3.29. The molecule has 1 amide bonds. The lowest BCUT2D eigenvalue weighted by Crippen LogP contribution is -2.26. The molecule has 0 aromatic heterocycles. The monoisotopic (exact) mass is 311 g/mol. The van der Waals surface area contributed by atoms with Crippen molar-refractivity contribution in [3.05, 3.63) is 33.8 Å². The number of hydrogen-bond acceptors (Lipinski definition) is 2. The Hall–Kier alpha value is -1.08. The Labute approximate surface area is 104 Å². The SMILES string of the molecule is CCONC(=O)c1ccc(Br)cc1C(F)(F)F. The van der Waals surface area contributed by atoms with Crippen LogP contribution in [-0.4, -0.2) is 12.5 Å². The Morgan fingerprint density at radius 2 is 2.12 bits per heavy atom. The molecule has 1 aromatic carbocycles. The minimum absolute atomic E-state index is 0.170. The van der Waals surface area contributed by atoms with Crippen molar-refractivity contribution in [3.63, 3.8) is 0 Å². The lowest BCUT2D eigenvalue weighted by atomic mass is 10.1. The highest BCUT2D eigenvalue weighted by Crippen LogP contribution is 2.33. The van der Waals surface area contributed by atoms with Crippen LogP contribution in [0.2, 0.25) is 0 Å². The summed E-state index contributed by atoms with van der Waals surface area (Å²) in [7, 11) is 0. The zero-order chi connectivity index (χ0) is 13.1. The van der Waals surface area contributed by atoms with Gasteiger partial charge in [0.15, 0.2) is 0 Å². The van der Waals surface area contributed by atoms with Crippen LogP contribution in [-0.2, 0) is 11.0 Å². The van der Waals surface area contributed by atoms with Crippen LogP contribution in [0.1, 0.15) is 22.8 Å². The van der Waals surface area contributed by atoms with Crippen LogP contribution in [0.15, 0.2) is 22.7 Å². The first-order chi connectivity index (χ1) is 7.86. The van der Waals surface area contributed by atoms with E-state index in [4.69, 9.17) is 0 Å².